The van der Waals surface area contributed by atoms with Crippen LogP contribution in [0.1, 0.15) is 13.8 Å². The molecule has 1 aliphatic rings. The number of piperazine rings is 1. The molecule has 0 aliphatic carbocycles. The van der Waals surface area contributed by atoms with E-state index in [4.69, 9.17) is 15.6 Å². The molecule has 114 valence electrons. The molecule has 0 radical (unpaired) electrons. The molecular weight excluding hydrogens is 254 g/mol. The summed E-state index contributed by atoms with van der Waals surface area (Å²) in [6, 6.07) is 5.88. The molecule has 3 N–H and O–H groups in total. The standard InChI is InChI=1S/C13H21N3O.C2H6O/c1-3-15-6-8-16(9-7-15)12-5-4-11(14)10-13(12)17-2;1-2-3/h4-5,10H,3,6-9,14H2,1-2H3;3H,2H2,1H3. The van der Waals surface area contributed by atoms with Crippen LogP contribution in [0, 0.1) is 0 Å². The molecule has 1 heterocycles. The predicted octanol–water partition coefficient (Wildman–Crippen LogP) is 1.42. The number of ether oxygens (including phenoxy) is 1. The summed E-state index contributed by atoms with van der Waals surface area (Å²) in [5, 5.41) is 7.57. The number of likely N-dealkylation sites (N-methyl/N-ethyl adjacent to an activating group) is 1. The summed E-state index contributed by atoms with van der Waals surface area (Å²) in [6.45, 7) is 9.60. The molecule has 0 spiro atoms. The van der Waals surface area contributed by atoms with Crippen molar-refractivity contribution in [2.75, 3.05) is 57.1 Å². The van der Waals surface area contributed by atoms with Gasteiger partial charge in [0.15, 0.2) is 0 Å². The van der Waals surface area contributed by atoms with E-state index in [1.54, 1.807) is 14.0 Å². The van der Waals surface area contributed by atoms with Crippen LogP contribution in [0.2, 0.25) is 0 Å². The van der Waals surface area contributed by atoms with Crippen LogP contribution < -0.4 is 15.4 Å². The number of nitrogens with zero attached hydrogens (tertiary/aromatic N) is 2. The highest BCUT2D eigenvalue weighted by molar-refractivity contribution is 5.64. The lowest BCUT2D eigenvalue weighted by Crippen LogP contribution is -2.46. The van der Waals surface area contributed by atoms with Crippen molar-refractivity contribution in [1.82, 2.24) is 4.90 Å². The van der Waals surface area contributed by atoms with Gasteiger partial charge in [-0.1, -0.05) is 6.92 Å². The third kappa shape index (κ3) is 4.58. The van der Waals surface area contributed by atoms with Crippen LogP contribution in [0.3, 0.4) is 0 Å². The normalized spacial score (nSPS) is 15.5. The van der Waals surface area contributed by atoms with Gasteiger partial charge in [0.1, 0.15) is 5.75 Å². The number of nitrogens with two attached hydrogens (primary N) is 1. The Morgan fingerprint density at radius 3 is 2.30 bits per heavy atom. The van der Waals surface area contributed by atoms with Gasteiger partial charge in [0.05, 0.1) is 12.8 Å². The van der Waals surface area contributed by atoms with Crippen molar-refractivity contribution in [2.24, 2.45) is 0 Å². The largest absolute Gasteiger partial charge is 0.495 e. The Balaban J connectivity index is 0.000000612. The maximum absolute atomic E-state index is 7.57. The highest BCUT2D eigenvalue weighted by Crippen LogP contribution is 2.30. The maximum Gasteiger partial charge on any atom is 0.144 e. The van der Waals surface area contributed by atoms with E-state index in [0.717, 1.165) is 49.8 Å². The van der Waals surface area contributed by atoms with Gasteiger partial charge in [0.25, 0.3) is 0 Å². The zero-order valence-corrected chi connectivity index (χ0v) is 12.8. The van der Waals surface area contributed by atoms with E-state index >= 15 is 0 Å². The van der Waals surface area contributed by atoms with E-state index in [0.29, 0.717) is 0 Å². The summed E-state index contributed by atoms with van der Waals surface area (Å²) in [5.74, 6) is 0.870. The lowest BCUT2D eigenvalue weighted by molar-refractivity contribution is 0.270. The van der Waals surface area contributed by atoms with Crippen molar-refractivity contribution in [1.29, 1.82) is 0 Å². The maximum atomic E-state index is 7.57. The average Bonchev–Trinajstić information content (AvgIpc) is 2.48. The summed E-state index contributed by atoms with van der Waals surface area (Å²) in [4.78, 5) is 4.82. The van der Waals surface area contributed by atoms with Crippen LogP contribution in [0.25, 0.3) is 0 Å². The quantitative estimate of drug-likeness (QED) is 0.821. The average molecular weight is 281 g/mol. The lowest BCUT2D eigenvalue weighted by Gasteiger charge is -2.36. The van der Waals surface area contributed by atoms with Gasteiger partial charge in [-0.2, -0.15) is 0 Å². The van der Waals surface area contributed by atoms with Crippen LogP contribution in [0.15, 0.2) is 18.2 Å². The van der Waals surface area contributed by atoms with E-state index in [1.807, 2.05) is 12.1 Å². The first-order chi connectivity index (χ1) is 9.65. The summed E-state index contributed by atoms with van der Waals surface area (Å²) in [6.07, 6.45) is 0. The number of hydrogen-bond donors (Lipinski definition) is 2. The number of anilines is 2. The molecule has 2 rings (SSSR count). The molecule has 20 heavy (non-hydrogen) atoms. The van der Waals surface area contributed by atoms with Crippen LogP contribution >= 0.6 is 0 Å². The highest BCUT2D eigenvalue weighted by atomic mass is 16.5. The number of aliphatic hydroxyl groups is 1. The molecule has 0 unspecified atom stereocenters. The minimum absolute atomic E-state index is 0.250. The molecule has 1 aliphatic heterocycles. The Morgan fingerprint density at radius 2 is 1.80 bits per heavy atom. The molecule has 5 nitrogen and oxygen atoms in total. The molecule has 1 aromatic carbocycles. The van der Waals surface area contributed by atoms with Gasteiger partial charge in [-0.05, 0) is 25.6 Å². The molecule has 1 fully saturated rings. The first-order valence-corrected chi connectivity index (χ1v) is 7.17. The second-order valence-electron chi connectivity index (χ2n) is 4.67. The number of benzene rings is 1. The minimum atomic E-state index is 0.250. The third-order valence-electron chi connectivity index (χ3n) is 3.36. The third-order valence-corrected chi connectivity index (χ3v) is 3.36. The van der Waals surface area contributed by atoms with Crippen LogP contribution in [0.5, 0.6) is 5.75 Å². The van der Waals surface area contributed by atoms with Gasteiger partial charge >= 0.3 is 0 Å². The Labute approximate surface area is 121 Å². The Kier molecular flexibility index (Phi) is 7.18. The molecule has 0 saturated carbocycles. The number of rotatable bonds is 3. The van der Waals surface area contributed by atoms with Gasteiger partial charge in [-0.3, -0.25) is 0 Å². The molecular formula is C15H27N3O2. The fourth-order valence-corrected chi connectivity index (χ4v) is 2.26. The molecule has 0 amide bonds. The van der Waals surface area contributed by atoms with Crippen molar-refractivity contribution >= 4 is 11.4 Å². The topological polar surface area (TPSA) is 62.0 Å². The van der Waals surface area contributed by atoms with Gasteiger partial charge in [-0.25, -0.2) is 0 Å². The van der Waals surface area contributed by atoms with Gasteiger partial charge < -0.3 is 25.4 Å². The highest BCUT2D eigenvalue weighted by Gasteiger charge is 2.18. The van der Waals surface area contributed by atoms with Crippen molar-refractivity contribution in [3.63, 3.8) is 0 Å². The monoisotopic (exact) mass is 281 g/mol. The first-order valence-electron chi connectivity index (χ1n) is 7.17. The molecule has 0 bridgehead atoms. The van der Waals surface area contributed by atoms with E-state index in [-0.39, 0.29) is 6.61 Å². The number of aliphatic hydroxyl groups excluding tert-OH is 1. The summed E-state index contributed by atoms with van der Waals surface area (Å²) < 4.78 is 5.40. The first kappa shape index (κ1) is 16.6. The molecule has 0 aromatic heterocycles. The Morgan fingerprint density at radius 1 is 1.20 bits per heavy atom. The van der Waals surface area contributed by atoms with Crippen LogP contribution in [-0.4, -0.2) is 56.4 Å². The molecule has 0 atom stereocenters. The summed E-state index contributed by atoms with van der Waals surface area (Å²) in [5.41, 5.74) is 7.67. The van der Waals surface area contributed by atoms with Crippen molar-refractivity contribution in [3.05, 3.63) is 18.2 Å². The zero-order valence-electron chi connectivity index (χ0n) is 12.8. The van der Waals surface area contributed by atoms with Crippen LogP contribution in [0.4, 0.5) is 11.4 Å². The van der Waals surface area contributed by atoms with Gasteiger partial charge in [-0.15, -0.1) is 0 Å². The van der Waals surface area contributed by atoms with Gasteiger partial charge in [0.2, 0.25) is 0 Å². The Hall–Kier alpha value is -1.46. The fourth-order valence-electron chi connectivity index (χ4n) is 2.26. The molecule has 1 saturated heterocycles. The predicted molar refractivity (Wildman–Crippen MR) is 84.5 cm³/mol. The van der Waals surface area contributed by atoms with Crippen molar-refractivity contribution in [3.8, 4) is 5.75 Å². The molecule has 1 aromatic rings. The van der Waals surface area contributed by atoms with Crippen molar-refractivity contribution in [2.45, 2.75) is 13.8 Å². The Bertz CT molecular complexity index is 391. The number of hydrogen-bond acceptors (Lipinski definition) is 5. The minimum Gasteiger partial charge on any atom is -0.495 e. The second-order valence-corrected chi connectivity index (χ2v) is 4.67. The molecule has 5 heteroatoms. The van der Waals surface area contributed by atoms with Gasteiger partial charge in [0, 0.05) is 44.5 Å². The smallest absolute Gasteiger partial charge is 0.144 e. The van der Waals surface area contributed by atoms with E-state index < -0.39 is 0 Å². The lowest BCUT2D eigenvalue weighted by atomic mass is 10.2. The number of nitrogen functional groups attached to an aromatic ring is 1. The summed E-state index contributed by atoms with van der Waals surface area (Å²) >= 11 is 0. The van der Waals surface area contributed by atoms with E-state index in [1.165, 1.54) is 0 Å². The fraction of sp³-hybridized carbons (Fsp3) is 0.600. The number of methoxy groups -OCH3 is 1. The van der Waals surface area contributed by atoms with E-state index in [9.17, 15) is 0 Å². The SMILES string of the molecule is CCN1CCN(c2ccc(N)cc2OC)CC1.CCO. The van der Waals surface area contributed by atoms with Crippen LogP contribution in [-0.2, 0) is 0 Å². The zero-order chi connectivity index (χ0) is 15.0. The second kappa shape index (κ2) is 8.66. The summed E-state index contributed by atoms with van der Waals surface area (Å²) in [7, 11) is 1.70. The van der Waals surface area contributed by atoms with E-state index in [2.05, 4.69) is 22.8 Å². The van der Waals surface area contributed by atoms with Crippen molar-refractivity contribution < 1.29 is 9.84 Å².